The van der Waals surface area contributed by atoms with Gasteiger partial charge in [0.25, 0.3) is 5.91 Å². The van der Waals surface area contributed by atoms with E-state index in [0.717, 1.165) is 20.4 Å². The van der Waals surface area contributed by atoms with Crippen LogP contribution in [-0.2, 0) is 6.54 Å². The lowest BCUT2D eigenvalue weighted by atomic mass is 10.1. The first-order valence-electron chi connectivity index (χ1n) is 7.45. The first kappa shape index (κ1) is 16.4. The van der Waals surface area contributed by atoms with Crippen molar-refractivity contribution in [3.8, 4) is 0 Å². The molecule has 5 heteroatoms. The summed E-state index contributed by atoms with van der Waals surface area (Å²) in [5, 5.41) is 0. The minimum atomic E-state index is -0.183. The van der Waals surface area contributed by atoms with E-state index in [2.05, 4.69) is 65.1 Å². The molecule has 2 aromatic carbocycles. The number of aryl methyl sites for hydroxylation is 3. The Kier molecular flexibility index (Phi) is 4.68. The van der Waals surface area contributed by atoms with Crippen molar-refractivity contribution in [2.45, 2.75) is 27.3 Å². The molecule has 0 aliphatic heterocycles. The van der Waals surface area contributed by atoms with Gasteiger partial charge in [-0.25, -0.2) is 0 Å². The summed E-state index contributed by atoms with van der Waals surface area (Å²) in [6.45, 7) is 7.09. The second-order valence-electron chi connectivity index (χ2n) is 5.43. The molecule has 0 spiro atoms. The molecule has 3 aromatic rings. The lowest BCUT2D eigenvalue weighted by Crippen LogP contribution is -2.16. The fraction of sp³-hybridized carbons (Fsp3) is 0.222. The van der Waals surface area contributed by atoms with E-state index in [0.29, 0.717) is 5.56 Å². The number of benzene rings is 2. The lowest BCUT2D eigenvalue weighted by molar-refractivity contribution is 0.0997. The summed E-state index contributed by atoms with van der Waals surface area (Å²) in [4.78, 5) is 17.7. The van der Waals surface area contributed by atoms with Crippen LogP contribution in [0.4, 0.5) is 0 Å². The molecular formula is C18H17IN2OS. The highest BCUT2D eigenvalue weighted by atomic mass is 127. The summed E-state index contributed by atoms with van der Waals surface area (Å²) in [6.07, 6.45) is 0. The van der Waals surface area contributed by atoms with Crippen LogP contribution in [0, 0.1) is 17.4 Å². The minimum Gasteiger partial charge on any atom is -0.317 e. The van der Waals surface area contributed by atoms with E-state index in [4.69, 9.17) is 0 Å². The Bertz CT molecular complexity index is 969. The van der Waals surface area contributed by atoms with Crippen molar-refractivity contribution in [2.24, 2.45) is 4.99 Å². The normalized spacial score (nSPS) is 12.1. The van der Waals surface area contributed by atoms with Crippen molar-refractivity contribution in [3.63, 3.8) is 0 Å². The van der Waals surface area contributed by atoms with Crippen LogP contribution < -0.4 is 4.80 Å². The monoisotopic (exact) mass is 436 g/mol. The minimum absolute atomic E-state index is 0.183. The summed E-state index contributed by atoms with van der Waals surface area (Å²) in [7, 11) is 0. The molecule has 0 aliphatic rings. The van der Waals surface area contributed by atoms with E-state index < -0.39 is 0 Å². The Morgan fingerprint density at radius 2 is 1.91 bits per heavy atom. The van der Waals surface area contributed by atoms with Crippen LogP contribution in [0.1, 0.15) is 28.4 Å². The van der Waals surface area contributed by atoms with E-state index in [1.165, 1.54) is 15.8 Å². The molecule has 3 rings (SSSR count). The molecular weight excluding hydrogens is 419 g/mol. The van der Waals surface area contributed by atoms with Crippen LogP contribution >= 0.6 is 33.9 Å². The average Bonchev–Trinajstić information content (AvgIpc) is 2.84. The van der Waals surface area contributed by atoms with Crippen LogP contribution in [0.25, 0.3) is 10.2 Å². The third kappa shape index (κ3) is 3.12. The molecule has 0 saturated carbocycles. The van der Waals surface area contributed by atoms with Gasteiger partial charge in [-0.3, -0.25) is 4.79 Å². The Hall–Kier alpha value is -1.47. The van der Waals surface area contributed by atoms with Crippen LogP contribution in [0.2, 0.25) is 0 Å². The number of rotatable bonds is 2. The van der Waals surface area contributed by atoms with Gasteiger partial charge in [-0.1, -0.05) is 23.5 Å². The molecule has 3 nitrogen and oxygen atoms in total. The number of nitrogens with zero attached hydrogens (tertiary/aromatic N) is 2. The molecule has 1 amide bonds. The topological polar surface area (TPSA) is 34.4 Å². The Morgan fingerprint density at radius 1 is 1.22 bits per heavy atom. The van der Waals surface area contributed by atoms with Gasteiger partial charge in [-0.15, -0.1) is 0 Å². The summed E-state index contributed by atoms with van der Waals surface area (Å²) >= 11 is 3.75. The number of hydrogen-bond acceptors (Lipinski definition) is 2. The van der Waals surface area contributed by atoms with Gasteiger partial charge in [-0.2, -0.15) is 4.99 Å². The van der Waals surface area contributed by atoms with E-state index in [1.807, 2.05) is 24.3 Å². The van der Waals surface area contributed by atoms with Crippen molar-refractivity contribution in [1.29, 1.82) is 0 Å². The smallest absolute Gasteiger partial charge is 0.280 e. The largest absolute Gasteiger partial charge is 0.317 e. The molecule has 1 aromatic heterocycles. The molecule has 23 heavy (non-hydrogen) atoms. The predicted molar refractivity (Wildman–Crippen MR) is 104 cm³/mol. The summed E-state index contributed by atoms with van der Waals surface area (Å²) in [6, 6.07) is 11.9. The number of halogens is 1. The first-order valence-corrected chi connectivity index (χ1v) is 9.35. The Balaban J connectivity index is 2.19. The number of carbonyl (C=O) groups excluding carboxylic acids is 1. The number of thiazole rings is 1. The van der Waals surface area contributed by atoms with Gasteiger partial charge >= 0.3 is 0 Å². The zero-order valence-electron chi connectivity index (χ0n) is 13.3. The van der Waals surface area contributed by atoms with Gasteiger partial charge in [0.1, 0.15) is 0 Å². The predicted octanol–water partition coefficient (Wildman–Crippen LogP) is 4.69. The quantitative estimate of drug-likeness (QED) is 0.537. The van der Waals surface area contributed by atoms with Crippen LogP contribution in [0.3, 0.4) is 0 Å². The fourth-order valence-corrected chi connectivity index (χ4v) is 4.28. The molecule has 0 saturated heterocycles. The number of fused-ring (bicyclic) bond motifs is 1. The molecule has 1 heterocycles. The third-order valence-electron chi connectivity index (χ3n) is 3.92. The molecule has 0 unspecified atom stereocenters. The van der Waals surface area contributed by atoms with Crippen molar-refractivity contribution in [3.05, 3.63) is 61.5 Å². The number of carbonyl (C=O) groups is 1. The van der Waals surface area contributed by atoms with Crippen molar-refractivity contribution in [2.75, 3.05) is 0 Å². The highest BCUT2D eigenvalue weighted by Crippen LogP contribution is 2.22. The van der Waals surface area contributed by atoms with Crippen LogP contribution in [0.5, 0.6) is 0 Å². The molecule has 118 valence electrons. The maximum Gasteiger partial charge on any atom is 0.280 e. The Labute approximate surface area is 152 Å². The summed E-state index contributed by atoms with van der Waals surface area (Å²) in [5.74, 6) is -0.183. The van der Waals surface area contributed by atoms with Gasteiger partial charge in [0, 0.05) is 10.1 Å². The van der Waals surface area contributed by atoms with Crippen molar-refractivity contribution < 1.29 is 4.79 Å². The third-order valence-corrected chi connectivity index (χ3v) is 5.90. The summed E-state index contributed by atoms with van der Waals surface area (Å²) in [5.41, 5.74) is 4.32. The van der Waals surface area contributed by atoms with E-state index in [9.17, 15) is 4.79 Å². The number of hydrogen-bond donors (Lipinski definition) is 0. The number of amides is 1. The maximum atomic E-state index is 12.5. The van der Waals surface area contributed by atoms with Gasteiger partial charge in [0.05, 0.1) is 15.8 Å². The highest BCUT2D eigenvalue weighted by Gasteiger charge is 2.11. The van der Waals surface area contributed by atoms with Gasteiger partial charge in [-0.05, 0) is 78.8 Å². The highest BCUT2D eigenvalue weighted by molar-refractivity contribution is 14.1. The zero-order valence-corrected chi connectivity index (χ0v) is 16.2. The molecule has 0 atom stereocenters. The lowest BCUT2D eigenvalue weighted by Gasteiger charge is -2.03. The average molecular weight is 436 g/mol. The second-order valence-corrected chi connectivity index (χ2v) is 7.60. The number of aromatic nitrogens is 1. The van der Waals surface area contributed by atoms with Gasteiger partial charge < -0.3 is 4.57 Å². The fourth-order valence-electron chi connectivity index (χ4n) is 2.49. The molecule has 0 bridgehead atoms. The zero-order chi connectivity index (χ0) is 16.6. The van der Waals surface area contributed by atoms with E-state index in [1.54, 1.807) is 11.3 Å². The SMILES string of the molecule is CCn1c(=NC(=O)c2ccccc2I)sc2cc(C)c(C)cc21. The summed E-state index contributed by atoms with van der Waals surface area (Å²) < 4.78 is 4.21. The Morgan fingerprint density at radius 3 is 2.61 bits per heavy atom. The van der Waals surface area contributed by atoms with Crippen molar-refractivity contribution in [1.82, 2.24) is 4.57 Å². The second kappa shape index (κ2) is 6.57. The molecule has 0 fully saturated rings. The molecule has 0 aliphatic carbocycles. The molecule has 0 radical (unpaired) electrons. The maximum absolute atomic E-state index is 12.5. The van der Waals surface area contributed by atoms with Gasteiger partial charge in [0.2, 0.25) is 0 Å². The van der Waals surface area contributed by atoms with Crippen LogP contribution in [-0.4, -0.2) is 10.5 Å². The van der Waals surface area contributed by atoms with Gasteiger partial charge in [0.15, 0.2) is 4.80 Å². The standard InChI is InChI=1S/C18H17IN2OS/c1-4-21-15-9-11(2)12(3)10-16(15)23-18(21)20-17(22)13-7-5-6-8-14(13)19/h5-10H,4H2,1-3H3. The van der Waals surface area contributed by atoms with Crippen molar-refractivity contribution >= 4 is 50.1 Å². The van der Waals surface area contributed by atoms with E-state index in [-0.39, 0.29) is 5.91 Å². The van der Waals surface area contributed by atoms with E-state index >= 15 is 0 Å². The van der Waals surface area contributed by atoms with Crippen LogP contribution in [0.15, 0.2) is 41.4 Å². The first-order chi connectivity index (χ1) is 11.0. The molecule has 0 N–H and O–H groups in total.